The van der Waals surface area contributed by atoms with Crippen molar-refractivity contribution in [3.8, 4) is 0 Å². The number of nitrogens with zero attached hydrogens (tertiary/aromatic N) is 2. The summed E-state index contributed by atoms with van der Waals surface area (Å²) < 4.78 is 32.2. The predicted octanol–water partition coefficient (Wildman–Crippen LogP) is 4.88. The molecule has 0 N–H and O–H groups in total. The summed E-state index contributed by atoms with van der Waals surface area (Å²) in [6, 6.07) is 3.33. The molecule has 2 aromatic rings. The largest absolute Gasteiger partial charge is 0.497 e. The number of hydrogen-bond donors (Lipinski definition) is 0. The Morgan fingerprint density at radius 1 is 1.16 bits per heavy atom. The van der Waals surface area contributed by atoms with Gasteiger partial charge in [0.25, 0.3) is 5.89 Å². The van der Waals surface area contributed by atoms with E-state index in [9.17, 15) is 4.79 Å². The van der Waals surface area contributed by atoms with Gasteiger partial charge in [0, 0.05) is 17.3 Å². The monoisotopic (exact) mass is 444 g/mol. The Morgan fingerprint density at radius 2 is 1.75 bits per heavy atom. The summed E-state index contributed by atoms with van der Waals surface area (Å²) in [5, 5.41) is 3.91. The number of halogens is 1. The zero-order chi connectivity index (χ0) is 24.1. The summed E-state index contributed by atoms with van der Waals surface area (Å²) in [5.74, 6) is -0.0575. The van der Waals surface area contributed by atoms with Crippen molar-refractivity contribution in [2.45, 2.75) is 97.7 Å². The summed E-state index contributed by atoms with van der Waals surface area (Å²) in [5.41, 5.74) is 0.829. The molecule has 1 aromatic heterocycles. The second-order valence-electron chi connectivity index (χ2n) is 10.9. The number of rotatable bonds is 6. The average Bonchev–Trinajstić information content (AvgIpc) is 3.24. The van der Waals surface area contributed by atoms with Crippen LogP contribution in [-0.4, -0.2) is 34.2 Å². The topological polar surface area (TPSA) is 74.5 Å². The first-order chi connectivity index (χ1) is 14.6. The van der Waals surface area contributed by atoms with Gasteiger partial charge < -0.3 is 13.8 Å². The summed E-state index contributed by atoms with van der Waals surface area (Å²) in [7, 11) is -0.751. The number of aryl methyl sites for hydroxylation is 1. The Balaban J connectivity index is 1.70. The summed E-state index contributed by atoms with van der Waals surface area (Å²) in [4.78, 5) is 16.7. The maximum absolute atomic E-state index is 15.1. The summed E-state index contributed by atoms with van der Waals surface area (Å²) in [6.45, 7) is 17.6. The van der Waals surface area contributed by atoms with Crippen molar-refractivity contribution in [3.63, 3.8) is 0 Å². The van der Waals surface area contributed by atoms with Gasteiger partial charge in [-0.3, -0.25) is 4.79 Å². The normalized spacial score (nSPS) is 18.8. The number of Topliss-reactive ketones (excluding diaryl/α,β-unsaturated/α-hetero) is 1. The summed E-state index contributed by atoms with van der Waals surface area (Å²) >= 11 is 0. The van der Waals surface area contributed by atoms with Crippen LogP contribution in [0.25, 0.3) is 0 Å². The molecule has 0 spiro atoms. The van der Waals surface area contributed by atoms with E-state index in [1.54, 1.807) is 6.07 Å². The molecule has 1 atom stereocenters. The van der Waals surface area contributed by atoms with Gasteiger partial charge in [0.1, 0.15) is 5.82 Å². The average molecular weight is 444 g/mol. The maximum atomic E-state index is 15.1. The van der Waals surface area contributed by atoms with Crippen molar-refractivity contribution in [2.75, 3.05) is 0 Å². The van der Waals surface area contributed by atoms with Crippen molar-refractivity contribution in [2.24, 2.45) is 0 Å². The van der Waals surface area contributed by atoms with Gasteiger partial charge in [-0.15, -0.1) is 0 Å². The van der Waals surface area contributed by atoms with Gasteiger partial charge in [0.2, 0.25) is 5.78 Å². The standard InChI is InChI=1S/C24H34BFN2O4/c1-14(10-11-19(29)20-27-21(28-30-20)22(3,4)5)16-13-18(26)17(12-15(16)2)25-31-23(6,7)24(8,9)32-25/h12-14H,10-11H2,1-9H3/t14-/m0/s1. The number of carbonyl (C=O) groups is 1. The van der Waals surface area contributed by atoms with E-state index in [4.69, 9.17) is 13.8 Å². The first-order valence-electron chi connectivity index (χ1n) is 11.2. The molecule has 3 rings (SSSR count). The molecule has 1 aromatic carbocycles. The molecule has 0 unspecified atom stereocenters. The van der Waals surface area contributed by atoms with Crippen LogP contribution in [0.2, 0.25) is 0 Å². The lowest BCUT2D eigenvalue weighted by Crippen LogP contribution is -2.41. The van der Waals surface area contributed by atoms with E-state index in [0.29, 0.717) is 17.7 Å². The lowest BCUT2D eigenvalue weighted by Gasteiger charge is -2.32. The molecule has 2 heterocycles. The second-order valence-corrected chi connectivity index (χ2v) is 10.9. The molecule has 32 heavy (non-hydrogen) atoms. The fourth-order valence-electron chi connectivity index (χ4n) is 3.65. The third kappa shape index (κ3) is 4.81. The van der Waals surface area contributed by atoms with Crippen LogP contribution in [0.5, 0.6) is 0 Å². The Bertz CT molecular complexity index is 994. The molecule has 174 valence electrons. The summed E-state index contributed by atoms with van der Waals surface area (Å²) in [6.07, 6.45) is 0.787. The highest BCUT2D eigenvalue weighted by molar-refractivity contribution is 6.62. The number of benzene rings is 1. The highest BCUT2D eigenvalue weighted by Crippen LogP contribution is 2.37. The molecular formula is C24H34BFN2O4. The molecular weight excluding hydrogens is 410 g/mol. The van der Waals surface area contributed by atoms with Gasteiger partial charge in [0.05, 0.1) is 11.2 Å². The Hall–Kier alpha value is -2.06. The zero-order valence-electron chi connectivity index (χ0n) is 20.6. The zero-order valence-corrected chi connectivity index (χ0v) is 20.6. The molecule has 6 nitrogen and oxygen atoms in total. The van der Waals surface area contributed by atoms with Crippen LogP contribution in [0.15, 0.2) is 16.7 Å². The van der Waals surface area contributed by atoms with E-state index in [2.05, 4.69) is 10.1 Å². The van der Waals surface area contributed by atoms with Crippen molar-refractivity contribution < 1.29 is 23.0 Å². The Kier molecular flexibility index (Phi) is 6.44. The van der Waals surface area contributed by atoms with E-state index in [1.807, 2.05) is 62.3 Å². The first-order valence-corrected chi connectivity index (χ1v) is 11.2. The lowest BCUT2D eigenvalue weighted by molar-refractivity contribution is 0.00578. The van der Waals surface area contributed by atoms with Gasteiger partial charge >= 0.3 is 7.12 Å². The molecule has 1 aliphatic rings. The highest BCUT2D eigenvalue weighted by Gasteiger charge is 2.52. The molecule has 1 saturated heterocycles. The molecule has 0 bridgehead atoms. The van der Waals surface area contributed by atoms with Crippen molar-refractivity contribution >= 4 is 18.4 Å². The molecule has 1 aliphatic heterocycles. The quantitative estimate of drug-likeness (QED) is 0.467. The minimum atomic E-state index is -0.751. The molecule has 0 amide bonds. The number of aromatic nitrogens is 2. The van der Waals surface area contributed by atoms with E-state index in [-0.39, 0.29) is 35.2 Å². The van der Waals surface area contributed by atoms with Gasteiger partial charge in [-0.2, -0.15) is 4.98 Å². The Labute approximate surface area is 190 Å². The van der Waals surface area contributed by atoms with E-state index in [0.717, 1.165) is 11.1 Å². The van der Waals surface area contributed by atoms with Gasteiger partial charge in [-0.25, -0.2) is 4.39 Å². The van der Waals surface area contributed by atoms with Crippen LogP contribution < -0.4 is 5.46 Å². The van der Waals surface area contributed by atoms with Crippen LogP contribution in [0.4, 0.5) is 4.39 Å². The SMILES string of the molecule is Cc1cc(B2OC(C)(C)C(C)(C)O2)c(F)cc1[C@@H](C)CCC(=O)c1nc(C(C)(C)C)no1. The van der Waals surface area contributed by atoms with E-state index >= 15 is 4.39 Å². The smallest absolute Gasteiger partial charge is 0.399 e. The highest BCUT2D eigenvalue weighted by atomic mass is 19.1. The van der Waals surface area contributed by atoms with Gasteiger partial charge in [-0.1, -0.05) is 38.9 Å². The fraction of sp³-hybridized carbons (Fsp3) is 0.625. The number of carbonyl (C=O) groups excluding carboxylic acids is 1. The third-order valence-electron chi connectivity index (χ3n) is 6.56. The van der Waals surface area contributed by atoms with E-state index < -0.39 is 18.3 Å². The lowest BCUT2D eigenvalue weighted by atomic mass is 9.76. The number of hydrogen-bond acceptors (Lipinski definition) is 6. The van der Waals surface area contributed by atoms with Crippen LogP contribution >= 0.6 is 0 Å². The molecule has 8 heteroatoms. The molecule has 0 aliphatic carbocycles. The van der Waals surface area contributed by atoms with Gasteiger partial charge in [-0.05, 0) is 64.2 Å². The van der Waals surface area contributed by atoms with Crippen molar-refractivity contribution in [3.05, 3.63) is 40.8 Å². The van der Waals surface area contributed by atoms with Gasteiger partial charge in [0.15, 0.2) is 5.82 Å². The van der Waals surface area contributed by atoms with Crippen LogP contribution in [-0.2, 0) is 14.7 Å². The van der Waals surface area contributed by atoms with Crippen LogP contribution in [0, 0.1) is 12.7 Å². The van der Waals surface area contributed by atoms with Crippen LogP contribution in [0.1, 0.15) is 102 Å². The second kappa shape index (κ2) is 8.38. The fourth-order valence-corrected chi connectivity index (χ4v) is 3.65. The third-order valence-corrected chi connectivity index (χ3v) is 6.56. The number of ketones is 1. The van der Waals surface area contributed by atoms with Crippen molar-refractivity contribution in [1.82, 2.24) is 10.1 Å². The predicted molar refractivity (Wildman–Crippen MR) is 122 cm³/mol. The Morgan fingerprint density at radius 3 is 2.28 bits per heavy atom. The molecule has 0 radical (unpaired) electrons. The minimum Gasteiger partial charge on any atom is -0.399 e. The first kappa shape index (κ1) is 24.6. The molecule has 0 saturated carbocycles. The molecule has 1 fully saturated rings. The van der Waals surface area contributed by atoms with Crippen LogP contribution in [0.3, 0.4) is 0 Å². The van der Waals surface area contributed by atoms with Crippen molar-refractivity contribution in [1.29, 1.82) is 0 Å². The van der Waals surface area contributed by atoms with E-state index in [1.165, 1.54) is 6.07 Å². The maximum Gasteiger partial charge on any atom is 0.497 e. The minimum absolute atomic E-state index is 0.0224.